The second-order valence-electron chi connectivity index (χ2n) is 3.72. The average Bonchev–Trinajstić information content (AvgIpc) is 2.77. The maximum absolute atomic E-state index is 6.20. The fourth-order valence-corrected chi connectivity index (χ4v) is 4.13. The molecule has 2 rings (SSSR count). The van der Waals surface area contributed by atoms with Crippen molar-refractivity contribution < 1.29 is 0 Å². The minimum absolute atomic E-state index is 0.220. The quantitative estimate of drug-likeness (QED) is 0.873. The van der Waals surface area contributed by atoms with E-state index >= 15 is 0 Å². The van der Waals surface area contributed by atoms with Crippen molar-refractivity contribution in [3.05, 3.63) is 42.7 Å². The average molecular weight is 272 g/mol. The number of hydrogen-bond donors (Lipinski definition) is 1. The summed E-state index contributed by atoms with van der Waals surface area (Å²) in [6.45, 7) is 4.31. The van der Waals surface area contributed by atoms with Gasteiger partial charge < -0.3 is 5.32 Å². The number of hydrogen-bond acceptors (Lipinski definition) is 3. The molecule has 0 spiro atoms. The first-order valence-electron chi connectivity index (χ1n) is 5.10. The molecule has 0 aliphatic heterocycles. The van der Waals surface area contributed by atoms with Gasteiger partial charge in [-0.05, 0) is 44.0 Å². The molecule has 0 saturated carbocycles. The van der Waals surface area contributed by atoms with Crippen molar-refractivity contribution in [2.45, 2.75) is 19.9 Å². The van der Waals surface area contributed by atoms with Gasteiger partial charge in [0.1, 0.15) is 0 Å². The van der Waals surface area contributed by atoms with Gasteiger partial charge in [-0.15, -0.1) is 22.7 Å². The van der Waals surface area contributed by atoms with E-state index in [0.717, 1.165) is 5.02 Å². The number of aryl methyl sites for hydroxylation is 2. The molecular weight excluding hydrogens is 258 g/mol. The molecule has 86 valence electrons. The number of halogens is 1. The summed E-state index contributed by atoms with van der Waals surface area (Å²) in [5.41, 5.74) is 1.34. The van der Waals surface area contributed by atoms with Crippen LogP contribution in [-0.2, 0) is 0 Å². The Morgan fingerprint density at radius 3 is 2.56 bits per heavy atom. The van der Waals surface area contributed by atoms with Crippen LogP contribution in [-0.4, -0.2) is 7.05 Å². The van der Waals surface area contributed by atoms with Crippen molar-refractivity contribution in [2.75, 3.05) is 7.05 Å². The molecule has 0 radical (unpaired) electrons. The van der Waals surface area contributed by atoms with Gasteiger partial charge in [0.15, 0.2) is 0 Å². The molecule has 1 N–H and O–H groups in total. The van der Waals surface area contributed by atoms with Crippen molar-refractivity contribution in [3.8, 4) is 0 Å². The Morgan fingerprint density at radius 2 is 2.12 bits per heavy atom. The van der Waals surface area contributed by atoms with Crippen molar-refractivity contribution >= 4 is 34.3 Å². The third-order valence-corrected chi connectivity index (χ3v) is 4.99. The monoisotopic (exact) mass is 271 g/mol. The summed E-state index contributed by atoms with van der Waals surface area (Å²) in [5, 5.41) is 6.24. The summed E-state index contributed by atoms with van der Waals surface area (Å²) in [5.74, 6) is 0. The van der Waals surface area contributed by atoms with Crippen LogP contribution >= 0.6 is 34.3 Å². The molecule has 4 heteroatoms. The van der Waals surface area contributed by atoms with E-state index in [9.17, 15) is 0 Å². The van der Waals surface area contributed by atoms with Crippen molar-refractivity contribution in [2.24, 2.45) is 0 Å². The van der Waals surface area contributed by atoms with E-state index in [4.69, 9.17) is 11.6 Å². The van der Waals surface area contributed by atoms with Gasteiger partial charge in [0.05, 0.1) is 11.1 Å². The van der Waals surface area contributed by atoms with Crippen molar-refractivity contribution in [1.29, 1.82) is 0 Å². The Balaban J connectivity index is 2.44. The molecular formula is C12H14ClNS2. The molecule has 0 bridgehead atoms. The molecule has 2 aromatic heterocycles. The topological polar surface area (TPSA) is 12.0 Å². The summed E-state index contributed by atoms with van der Waals surface area (Å²) in [7, 11) is 1.98. The van der Waals surface area contributed by atoms with E-state index in [0.29, 0.717) is 0 Å². The predicted molar refractivity (Wildman–Crippen MR) is 74.0 cm³/mol. The summed E-state index contributed by atoms with van der Waals surface area (Å²) >= 11 is 9.74. The number of thiophene rings is 2. The molecule has 0 aliphatic carbocycles. The van der Waals surface area contributed by atoms with Crippen LogP contribution < -0.4 is 5.32 Å². The molecule has 1 atom stereocenters. The third-order valence-electron chi connectivity index (χ3n) is 2.59. The summed E-state index contributed by atoms with van der Waals surface area (Å²) in [6.07, 6.45) is 0. The Morgan fingerprint density at radius 1 is 1.38 bits per heavy atom. The molecule has 2 heterocycles. The lowest BCUT2D eigenvalue weighted by Crippen LogP contribution is -2.16. The Bertz CT molecular complexity index is 487. The summed E-state index contributed by atoms with van der Waals surface area (Å²) in [6, 6.07) is 4.43. The molecule has 0 aliphatic rings. The van der Waals surface area contributed by atoms with Crippen LogP contribution in [0.2, 0.25) is 5.02 Å². The maximum Gasteiger partial charge on any atom is 0.0694 e. The minimum atomic E-state index is 0.220. The number of nitrogens with one attached hydrogen (secondary N) is 1. The highest BCUT2D eigenvalue weighted by molar-refractivity contribution is 7.12. The van der Waals surface area contributed by atoms with E-state index in [1.807, 2.05) is 29.8 Å². The Labute approximate surface area is 109 Å². The smallest absolute Gasteiger partial charge is 0.0694 e. The van der Waals surface area contributed by atoms with Crippen LogP contribution in [0.4, 0.5) is 0 Å². The Kier molecular flexibility index (Phi) is 3.70. The highest BCUT2D eigenvalue weighted by Gasteiger charge is 2.19. The zero-order chi connectivity index (χ0) is 11.7. The van der Waals surface area contributed by atoms with Crippen LogP contribution in [0.25, 0.3) is 0 Å². The van der Waals surface area contributed by atoms with Gasteiger partial charge in [-0.25, -0.2) is 0 Å². The number of rotatable bonds is 3. The molecule has 0 saturated heterocycles. The minimum Gasteiger partial charge on any atom is -0.309 e. The van der Waals surface area contributed by atoms with Gasteiger partial charge in [0.2, 0.25) is 0 Å². The van der Waals surface area contributed by atoms with Gasteiger partial charge in [0, 0.05) is 14.6 Å². The molecule has 1 nitrogen and oxygen atoms in total. The van der Waals surface area contributed by atoms with Gasteiger partial charge in [-0.2, -0.15) is 0 Å². The van der Waals surface area contributed by atoms with E-state index in [1.165, 1.54) is 20.2 Å². The standard InChI is InChI=1S/C12H14ClNS2/c1-7-6-9(8(2)16-7)11(14-3)12-10(13)4-5-15-12/h4-6,11,14H,1-3H3. The lowest BCUT2D eigenvalue weighted by Gasteiger charge is -2.15. The molecule has 0 amide bonds. The maximum atomic E-state index is 6.20. The van der Waals surface area contributed by atoms with Crippen LogP contribution in [0.1, 0.15) is 26.2 Å². The van der Waals surface area contributed by atoms with Crippen LogP contribution in [0.5, 0.6) is 0 Å². The molecule has 16 heavy (non-hydrogen) atoms. The highest BCUT2D eigenvalue weighted by atomic mass is 35.5. The van der Waals surface area contributed by atoms with E-state index in [1.54, 1.807) is 11.3 Å². The zero-order valence-corrected chi connectivity index (χ0v) is 11.9. The largest absolute Gasteiger partial charge is 0.309 e. The Hall–Kier alpha value is -0.350. The SMILES string of the molecule is CNC(c1cc(C)sc1C)c1sccc1Cl. The molecule has 0 fully saturated rings. The summed E-state index contributed by atoms with van der Waals surface area (Å²) in [4.78, 5) is 3.91. The van der Waals surface area contributed by atoms with Crippen LogP contribution in [0.3, 0.4) is 0 Å². The van der Waals surface area contributed by atoms with Crippen LogP contribution in [0.15, 0.2) is 17.5 Å². The first-order valence-corrected chi connectivity index (χ1v) is 7.18. The van der Waals surface area contributed by atoms with Crippen molar-refractivity contribution in [3.63, 3.8) is 0 Å². The second-order valence-corrected chi connectivity index (χ2v) is 6.54. The summed E-state index contributed by atoms with van der Waals surface area (Å²) < 4.78 is 0. The van der Waals surface area contributed by atoms with Gasteiger partial charge in [-0.3, -0.25) is 0 Å². The second kappa shape index (κ2) is 4.88. The van der Waals surface area contributed by atoms with Crippen LogP contribution in [0, 0.1) is 13.8 Å². The first kappa shape index (κ1) is 12.1. The van der Waals surface area contributed by atoms with Gasteiger partial charge in [-0.1, -0.05) is 11.6 Å². The van der Waals surface area contributed by atoms with Gasteiger partial charge >= 0.3 is 0 Å². The van der Waals surface area contributed by atoms with E-state index in [-0.39, 0.29) is 6.04 Å². The lowest BCUT2D eigenvalue weighted by molar-refractivity contribution is 0.703. The molecule has 1 unspecified atom stereocenters. The highest BCUT2D eigenvalue weighted by Crippen LogP contribution is 2.36. The molecule has 0 aromatic carbocycles. The normalized spacial score (nSPS) is 13.0. The van der Waals surface area contributed by atoms with E-state index in [2.05, 4.69) is 25.2 Å². The third kappa shape index (κ3) is 2.18. The van der Waals surface area contributed by atoms with E-state index < -0.39 is 0 Å². The molecule has 2 aromatic rings. The zero-order valence-electron chi connectivity index (χ0n) is 9.50. The first-order chi connectivity index (χ1) is 7.63. The predicted octanol–water partition coefficient (Wildman–Crippen LogP) is 4.39. The van der Waals surface area contributed by atoms with Crippen molar-refractivity contribution in [1.82, 2.24) is 5.32 Å². The fraction of sp³-hybridized carbons (Fsp3) is 0.333. The fourth-order valence-electron chi connectivity index (χ4n) is 1.88. The lowest BCUT2D eigenvalue weighted by atomic mass is 10.1. The van der Waals surface area contributed by atoms with Gasteiger partial charge in [0.25, 0.3) is 0 Å².